The Hall–Kier alpha value is -2.11. The van der Waals surface area contributed by atoms with Crippen molar-refractivity contribution in [2.75, 3.05) is 0 Å². The van der Waals surface area contributed by atoms with Crippen molar-refractivity contribution in [1.82, 2.24) is 15.0 Å². The summed E-state index contributed by atoms with van der Waals surface area (Å²) < 4.78 is 1.08. The van der Waals surface area contributed by atoms with E-state index < -0.39 is 0 Å². The molecule has 2 heterocycles. The number of halogens is 1. The zero-order chi connectivity index (χ0) is 14.9. The molecule has 0 aliphatic heterocycles. The lowest BCUT2D eigenvalue weighted by Gasteiger charge is -2.02. The smallest absolute Gasteiger partial charge is 0.124 e. The zero-order valence-electron chi connectivity index (χ0n) is 11.4. The molecule has 22 heavy (non-hydrogen) atoms. The van der Waals surface area contributed by atoms with Crippen LogP contribution >= 0.6 is 27.3 Å². The first-order valence-corrected chi connectivity index (χ1v) is 8.38. The summed E-state index contributed by atoms with van der Waals surface area (Å²) in [5, 5.41) is 5.42. The van der Waals surface area contributed by atoms with Gasteiger partial charge in [0.2, 0.25) is 0 Å². The van der Waals surface area contributed by atoms with Gasteiger partial charge < -0.3 is 0 Å². The van der Waals surface area contributed by atoms with Crippen molar-refractivity contribution in [3.05, 3.63) is 64.8 Å². The van der Waals surface area contributed by atoms with E-state index in [0.717, 1.165) is 26.4 Å². The number of hydrogen-bond donors (Lipinski definition) is 0. The molecule has 4 rings (SSSR count). The summed E-state index contributed by atoms with van der Waals surface area (Å²) in [6.45, 7) is 0. The molecule has 0 N–H and O–H groups in total. The van der Waals surface area contributed by atoms with Crippen LogP contribution in [-0.2, 0) is 0 Å². The monoisotopic (exact) mass is 367 g/mol. The van der Waals surface area contributed by atoms with Crippen LogP contribution in [-0.4, -0.2) is 15.0 Å². The van der Waals surface area contributed by atoms with Gasteiger partial charge in [-0.25, -0.2) is 4.98 Å². The molecule has 0 radical (unpaired) electrons. The number of benzene rings is 2. The largest absolute Gasteiger partial charge is 0.261 e. The Labute approximate surface area is 139 Å². The van der Waals surface area contributed by atoms with Crippen LogP contribution in [0.2, 0.25) is 0 Å². The average molecular weight is 368 g/mol. The van der Waals surface area contributed by atoms with E-state index in [1.165, 1.54) is 10.8 Å². The van der Waals surface area contributed by atoms with Crippen molar-refractivity contribution in [3.8, 4) is 22.0 Å². The van der Waals surface area contributed by atoms with Gasteiger partial charge in [0.05, 0.1) is 6.20 Å². The van der Waals surface area contributed by atoms with Crippen LogP contribution in [0.1, 0.15) is 0 Å². The van der Waals surface area contributed by atoms with Crippen LogP contribution in [0.25, 0.3) is 32.7 Å². The molecule has 0 saturated carbocycles. The molecule has 0 aliphatic rings. The number of nitrogens with zero attached hydrogens (tertiary/aromatic N) is 3. The molecular weight excluding hydrogens is 358 g/mol. The lowest BCUT2D eigenvalue weighted by atomic mass is 10.1. The van der Waals surface area contributed by atoms with Gasteiger partial charge in [-0.15, -0.1) is 11.3 Å². The van der Waals surface area contributed by atoms with E-state index >= 15 is 0 Å². The van der Waals surface area contributed by atoms with Crippen LogP contribution in [0.4, 0.5) is 0 Å². The third-order valence-electron chi connectivity index (χ3n) is 3.38. The number of hydrogen-bond acceptors (Lipinski definition) is 4. The third kappa shape index (κ3) is 2.53. The van der Waals surface area contributed by atoms with E-state index in [1.54, 1.807) is 29.9 Å². The summed E-state index contributed by atoms with van der Waals surface area (Å²) in [5.41, 5.74) is 2.78. The van der Waals surface area contributed by atoms with E-state index in [4.69, 9.17) is 0 Å². The Kier molecular flexibility index (Phi) is 3.44. The molecule has 0 fully saturated rings. The van der Waals surface area contributed by atoms with Gasteiger partial charge in [-0.3, -0.25) is 9.97 Å². The van der Waals surface area contributed by atoms with Crippen molar-refractivity contribution in [1.29, 1.82) is 0 Å². The summed E-state index contributed by atoms with van der Waals surface area (Å²) in [4.78, 5) is 13.1. The lowest BCUT2D eigenvalue weighted by molar-refractivity contribution is 1.19. The van der Waals surface area contributed by atoms with Gasteiger partial charge in [0, 0.05) is 27.8 Å². The predicted octanol–water partition coefficient (Wildman–Crippen LogP) is 5.18. The Morgan fingerprint density at radius 1 is 0.909 bits per heavy atom. The van der Waals surface area contributed by atoms with Gasteiger partial charge in [0.1, 0.15) is 16.4 Å². The first-order chi connectivity index (χ1) is 10.8. The number of thiazole rings is 1. The maximum Gasteiger partial charge on any atom is 0.124 e. The van der Waals surface area contributed by atoms with Crippen LogP contribution < -0.4 is 0 Å². The molecule has 0 saturated heterocycles. The van der Waals surface area contributed by atoms with Crippen molar-refractivity contribution in [3.63, 3.8) is 0 Å². The van der Waals surface area contributed by atoms with Crippen LogP contribution in [0.15, 0.2) is 64.8 Å². The molecule has 2 aromatic carbocycles. The van der Waals surface area contributed by atoms with E-state index in [2.05, 4.69) is 67.3 Å². The lowest BCUT2D eigenvalue weighted by Crippen LogP contribution is -1.84. The Morgan fingerprint density at radius 2 is 1.82 bits per heavy atom. The summed E-state index contributed by atoms with van der Waals surface area (Å²) in [6.07, 6.45) is 5.08. The minimum absolute atomic E-state index is 0.800. The molecule has 0 bridgehead atoms. The standard InChI is InChI=1S/C17H10BrN3S/c18-14-4-3-11-1-2-12(7-13(11)8-14)17-21-16(10-22-17)15-9-19-5-6-20-15/h1-10H. The molecule has 0 amide bonds. The molecule has 0 atom stereocenters. The molecule has 0 unspecified atom stereocenters. The molecule has 4 aromatic rings. The molecule has 0 spiro atoms. The maximum atomic E-state index is 4.68. The number of aromatic nitrogens is 3. The summed E-state index contributed by atoms with van der Waals surface area (Å²) >= 11 is 5.14. The topological polar surface area (TPSA) is 38.7 Å². The fourth-order valence-electron chi connectivity index (χ4n) is 2.31. The van der Waals surface area contributed by atoms with Crippen LogP contribution in [0, 0.1) is 0 Å². The second-order valence-corrected chi connectivity index (χ2v) is 6.61. The fraction of sp³-hybridized carbons (Fsp3) is 0. The Bertz CT molecular complexity index is 950. The van der Waals surface area contributed by atoms with Gasteiger partial charge in [0.15, 0.2) is 0 Å². The normalized spacial score (nSPS) is 11.0. The number of rotatable bonds is 2. The minimum atomic E-state index is 0.800. The number of fused-ring (bicyclic) bond motifs is 1. The van der Waals surface area contributed by atoms with E-state index in [1.807, 2.05) is 5.38 Å². The Morgan fingerprint density at radius 3 is 2.68 bits per heavy atom. The highest BCUT2D eigenvalue weighted by Crippen LogP contribution is 2.30. The maximum absolute atomic E-state index is 4.68. The fourth-order valence-corrected chi connectivity index (χ4v) is 3.50. The second kappa shape index (κ2) is 5.59. The third-order valence-corrected chi connectivity index (χ3v) is 4.76. The average Bonchev–Trinajstić information content (AvgIpc) is 3.05. The van der Waals surface area contributed by atoms with Gasteiger partial charge in [-0.05, 0) is 29.0 Å². The van der Waals surface area contributed by atoms with Crippen molar-refractivity contribution in [2.24, 2.45) is 0 Å². The molecule has 0 aliphatic carbocycles. The first-order valence-electron chi connectivity index (χ1n) is 6.71. The minimum Gasteiger partial charge on any atom is -0.261 e. The SMILES string of the molecule is Brc1ccc2ccc(-c3nc(-c4cnccn4)cs3)cc2c1. The quantitative estimate of drug-likeness (QED) is 0.489. The zero-order valence-corrected chi connectivity index (χ0v) is 13.8. The van der Waals surface area contributed by atoms with Gasteiger partial charge in [-0.2, -0.15) is 0 Å². The highest BCUT2D eigenvalue weighted by Gasteiger charge is 2.08. The molecule has 3 nitrogen and oxygen atoms in total. The molecular formula is C17H10BrN3S. The second-order valence-electron chi connectivity index (χ2n) is 4.83. The summed E-state index contributed by atoms with van der Waals surface area (Å²) in [6, 6.07) is 12.7. The highest BCUT2D eigenvalue weighted by molar-refractivity contribution is 9.10. The van der Waals surface area contributed by atoms with Crippen LogP contribution in [0.3, 0.4) is 0 Å². The van der Waals surface area contributed by atoms with Gasteiger partial charge in [0.25, 0.3) is 0 Å². The highest BCUT2D eigenvalue weighted by atomic mass is 79.9. The van der Waals surface area contributed by atoms with E-state index in [-0.39, 0.29) is 0 Å². The van der Waals surface area contributed by atoms with Crippen molar-refractivity contribution in [2.45, 2.75) is 0 Å². The van der Waals surface area contributed by atoms with Crippen molar-refractivity contribution < 1.29 is 0 Å². The predicted molar refractivity (Wildman–Crippen MR) is 93.8 cm³/mol. The van der Waals surface area contributed by atoms with Gasteiger partial charge >= 0.3 is 0 Å². The van der Waals surface area contributed by atoms with E-state index in [9.17, 15) is 0 Å². The van der Waals surface area contributed by atoms with Gasteiger partial charge in [-0.1, -0.05) is 34.1 Å². The Balaban J connectivity index is 1.77. The first kappa shape index (κ1) is 13.5. The molecule has 5 heteroatoms. The molecule has 2 aromatic heterocycles. The molecule has 106 valence electrons. The summed E-state index contributed by atoms with van der Waals surface area (Å²) in [7, 11) is 0. The van der Waals surface area contributed by atoms with Crippen molar-refractivity contribution >= 4 is 38.0 Å². The summed E-state index contributed by atoms with van der Waals surface area (Å²) in [5.74, 6) is 0. The van der Waals surface area contributed by atoms with Crippen LogP contribution in [0.5, 0.6) is 0 Å². The van der Waals surface area contributed by atoms with E-state index in [0.29, 0.717) is 0 Å².